The van der Waals surface area contributed by atoms with Crippen LogP contribution < -0.4 is 16.0 Å². The smallest absolute Gasteiger partial charge is 0.434 e. The molecule has 0 unspecified atom stereocenters. The zero-order chi connectivity index (χ0) is 26.6. The number of aryl methyl sites for hydroxylation is 1. The average molecular weight is 529 g/mol. The third-order valence-corrected chi connectivity index (χ3v) is 5.68. The number of hydrogen-bond donors (Lipinski definition) is 3. The molecule has 0 saturated carbocycles. The first-order chi connectivity index (χ1) is 17.6. The number of alkyl halides is 5. The summed E-state index contributed by atoms with van der Waals surface area (Å²) >= 11 is 0. The molecule has 1 atom stereocenters. The molecule has 10 nitrogen and oxygen atoms in total. The van der Waals surface area contributed by atoms with Gasteiger partial charge in [0.15, 0.2) is 17.4 Å². The second-order valence-corrected chi connectivity index (χ2v) is 8.53. The summed E-state index contributed by atoms with van der Waals surface area (Å²) in [6.45, 7) is 3.11. The molecule has 1 saturated heterocycles. The van der Waals surface area contributed by atoms with Crippen molar-refractivity contribution >= 4 is 17.6 Å². The van der Waals surface area contributed by atoms with E-state index in [1.807, 2.05) is 0 Å². The summed E-state index contributed by atoms with van der Waals surface area (Å²) in [5.74, 6) is -0.0819. The summed E-state index contributed by atoms with van der Waals surface area (Å²) in [4.78, 5) is 21.5. The Bertz CT molecular complexity index is 1160. The number of allylic oxidation sites excluding steroid dienone is 2. The predicted octanol–water partition coefficient (Wildman–Crippen LogP) is 3.20. The number of nitrogens with one attached hydrogen (secondary N) is 3. The Hall–Kier alpha value is -3.75. The van der Waals surface area contributed by atoms with Crippen LogP contribution in [0.3, 0.4) is 0 Å². The van der Waals surface area contributed by atoms with E-state index in [2.05, 4.69) is 31.1 Å². The zero-order valence-electron chi connectivity index (χ0n) is 19.6. The zero-order valence-corrected chi connectivity index (χ0v) is 19.6. The van der Waals surface area contributed by atoms with Crippen molar-refractivity contribution in [2.45, 2.75) is 25.9 Å². The van der Waals surface area contributed by atoms with Gasteiger partial charge in [0, 0.05) is 18.2 Å². The summed E-state index contributed by atoms with van der Waals surface area (Å²) in [6, 6.07) is 0. The number of dihydropyridines is 1. The van der Waals surface area contributed by atoms with Crippen LogP contribution >= 0.6 is 0 Å². The molecule has 200 valence electrons. The number of aromatic nitrogens is 3. The standard InChI is InChI=1S/C22H24F5N7O3/c1-12-19(21(37-33-12)32-17-8-28-15(7-29-17)22(25,26)27)20(35)31-14-2-3-18(30-6-14)36-11-13-4-5-34(9-13)10-16(23)24/h2-3,7-8,13,16,30H,4-6,9-11H2,1H3,(H,29,32)(H,31,35)/t13-/m0/s1. The summed E-state index contributed by atoms with van der Waals surface area (Å²) in [7, 11) is 0. The summed E-state index contributed by atoms with van der Waals surface area (Å²) in [5.41, 5.74) is -0.346. The summed E-state index contributed by atoms with van der Waals surface area (Å²) in [5, 5.41) is 12.1. The number of likely N-dealkylation sites (tertiary alicyclic amines) is 1. The normalized spacial score (nSPS) is 18.3. The van der Waals surface area contributed by atoms with E-state index in [-0.39, 0.29) is 42.0 Å². The van der Waals surface area contributed by atoms with Crippen molar-refractivity contribution in [2.75, 3.05) is 38.1 Å². The van der Waals surface area contributed by atoms with Gasteiger partial charge in [-0.1, -0.05) is 5.16 Å². The Morgan fingerprint density at radius 1 is 1.30 bits per heavy atom. The van der Waals surface area contributed by atoms with Crippen LogP contribution in [0.15, 0.2) is 40.6 Å². The van der Waals surface area contributed by atoms with E-state index < -0.39 is 24.2 Å². The van der Waals surface area contributed by atoms with Crippen molar-refractivity contribution in [1.82, 2.24) is 30.7 Å². The first-order valence-corrected chi connectivity index (χ1v) is 11.3. The number of ether oxygens (including phenoxy) is 1. The molecule has 0 radical (unpaired) electrons. The minimum absolute atomic E-state index is 0.0446. The predicted molar refractivity (Wildman–Crippen MR) is 120 cm³/mol. The van der Waals surface area contributed by atoms with Crippen LogP contribution in [0.1, 0.15) is 28.2 Å². The molecule has 0 aliphatic carbocycles. The maximum Gasteiger partial charge on any atom is 0.434 e. The molecule has 2 aromatic heterocycles. The number of rotatable bonds is 9. The Labute approximate surface area is 207 Å². The largest absolute Gasteiger partial charge is 0.479 e. The van der Waals surface area contributed by atoms with E-state index in [0.717, 1.165) is 12.6 Å². The number of carbonyl (C=O) groups is 1. The Balaban J connectivity index is 1.32. The highest BCUT2D eigenvalue weighted by Gasteiger charge is 2.33. The molecular formula is C22H24F5N7O3. The Morgan fingerprint density at radius 2 is 2.11 bits per heavy atom. The van der Waals surface area contributed by atoms with Gasteiger partial charge in [0.25, 0.3) is 12.3 Å². The van der Waals surface area contributed by atoms with Crippen molar-refractivity contribution < 1.29 is 36.0 Å². The molecule has 2 aromatic rings. The highest BCUT2D eigenvalue weighted by molar-refractivity contribution is 6.00. The van der Waals surface area contributed by atoms with Gasteiger partial charge in [0.1, 0.15) is 5.56 Å². The first-order valence-electron chi connectivity index (χ1n) is 11.3. The third-order valence-electron chi connectivity index (χ3n) is 5.68. The van der Waals surface area contributed by atoms with Gasteiger partial charge in [-0.05, 0) is 32.0 Å². The van der Waals surface area contributed by atoms with Gasteiger partial charge in [-0.15, -0.1) is 0 Å². The van der Waals surface area contributed by atoms with Crippen LogP contribution in [0.25, 0.3) is 0 Å². The van der Waals surface area contributed by atoms with Crippen LogP contribution in [0.2, 0.25) is 0 Å². The quantitative estimate of drug-likeness (QED) is 0.421. The second kappa shape index (κ2) is 11.1. The average Bonchev–Trinajstić information content (AvgIpc) is 3.43. The van der Waals surface area contributed by atoms with Crippen molar-refractivity contribution in [1.29, 1.82) is 0 Å². The maximum absolute atomic E-state index is 12.9. The molecule has 0 spiro atoms. The second-order valence-electron chi connectivity index (χ2n) is 8.53. The fraction of sp³-hybridized carbons (Fsp3) is 0.455. The first kappa shape index (κ1) is 26.3. The van der Waals surface area contributed by atoms with Gasteiger partial charge in [0.2, 0.25) is 5.88 Å². The van der Waals surface area contributed by atoms with Crippen LogP contribution in [-0.2, 0) is 10.9 Å². The van der Waals surface area contributed by atoms with Crippen molar-refractivity contribution in [3.05, 3.63) is 53.1 Å². The number of halogens is 5. The molecule has 1 amide bonds. The van der Waals surface area contributed by atoms with Gasteiger partial charge >= 0.3 is 6.18 Å². The number of amides is 1. The van der Waals surface area contributed by atoms with Crippen LogP contribution in [0.5, 0.6) is 0 Å². The monoisotopic (exact) mass is 529 g/mol. The van der Waals surface area contributed by atoms with Gasteiger partial charge < -0.3 is 25.2 Å². The van der Waals surface area contributed by atoms with E-state index in [9.17, 15) is 26.7 Å². The maximum atomic E-state index is 12.9. The third kappa shape index (κ3) is 6.93. The van der Waals surface area contributed by atoms with E-state index in [4.69, 9.17) is 9.26 Å². The van der Waals surface area contributed by atoms with Crippen molar-refractivity contribution in [2.24, 2.45) is 5.92 Å². The lowest BCUT2D eigenvalue weighted by Crippen LogP contribution is -2.33. The van der Waals surface area contributed by atoms with E-state index in [0.29, 0.717) is 37.5 Å². The van der Waals surface area contributed by atoms with Gasteiger partial charge in [-0.2, -0.15) is 13.2 Å². The molecular weight excluding hydrogens is 505 g/mol. The number of carbonyl (C=O) groups excluding carboxylic acids is 1. The van der Waals surface area contributed by atoms with E-state index >= 15 is 0 Å². The van der Waals surface area contributed by atoms with Crippen LogP contribution in [0, 0.1) is 12.8 Å². The molecule has 0 bridgehead atoms. The van der Waals surface area contributed by atoms with Gasteiger partial charge in [0.05, 0.1) is 37.8 Å². The molecule has 4 heterocycles. The lowest BCUT2D eigenvalue weighted by atomic mass is 10.1. The molecule has 2 aliphatic rings. The molecule has 2 aliphatic heterocycles. The molecule has 3 N–H and O–H groups in total. The Morgan fingerprint density at radius 3 is 2.76 bits per heavy atom. The number of hydrogen-bond acceptors (Lipinski definition) is 9. The molecule has 15 heteroatoms. The minimum atomic E-state index is -4.63. The molecule has 37 heavy (non-hydrogen) atoms. The highest BCUT2D eigenvalue weighted by Crippen LogP contribution is 2.28. The van der Waals surface area contributed by atoms with Gasteiger partial charge in [-0.3, -0.25) is 9.69 Å². The summed E-state index contributed by atoms with van der Waals surface area (Å²) < 4.78 is 73.9. The van der Waals surface area contributed by atoms with Crippen molar-refractivity contribution in [3.63, 3.8) is 0 Å². The topological polar surface area (TPSA) is 117 Å². The fourth-order valence-corrected chi connectivity index (χ4v) is 3.87. The molecule has 1 fully saturated rings. The molecule has 0 aromatic carbocycles. The number of anilines is 2. The molecule has 4 rings (SSSR count). The van der Waals surface area contributed by atoms with Crippen molar-refractivity contribution in [3.8, 4) is 0 Å². The van der Waals surface area contributed by atoms with Crippen LogP contribution in [0.4, 0.5) is 33.7 Å². The fourth-order valence-electron chi connectivity index (χ4n) is 3.87. The van der Waals surface area contributed by atoms with E-state index in [1.54, 1.807) is 17.1 Å². The van der Waals surface area contributed by atoms with Crippen LogP contribution in [-0.4, -0.2) is 65.1 Å². The Kier molecular flexibility index (Phi) is 7.90. The minimum Gasteiger partial charge on any atom is -0.479 e. The van der Waals surface area contributed by atoms with Gasteiger partial charge in [-0.25, -0.2) is 18.7 Å². The van der Waals surface area contributed by atoms with E-state index in [1.165, 1.54) is 6.92 Å². The SMILES string of the molecule is Cc1noc(Nc2cnc(C(F)(F)F)cn2)c1C(=O)NC1=CC=C(OC[C@H]2CCN(CC(F)F)C2)NC1. The summed E-state index contributed by atoms with van der Waals surface area (Å²) in [6.07, 6.45) is -1.49. The highest BCUT2D eigenvalue weighted by atomic mass is 19.4. The number of nitrogens with zero attached hydrogens (tertiary/aromatic N) is 4. The lowest BCUT2D eigenvalue weighted by Gasteiger charge is -2.20. The lowest BCUT2D eigenvalue weighted by molar-refractivity contribution is -0.141.